The molecular formula is C13H14N2O3. The minimum Gasteiger partial charge on any atom is -0.508 e. The van der Waals surface area contributed by atoms with Crippen LogP contribution in [-0.2, 0) is 6.54 Å². The van der Waals surface area contributed by atoms with Crippen LogP contribution in [0.3, 0.4) is 0 Å². The number of carbonyl (C=O) groups is 1. The summed E-state index contributed by atoms with van der Waals surface area (Å²) in [6.07, 6.45) is 0. The summed E-state index contributed by atoms with van der Waals surface area (Å²) >= 11 is 0. The molecule has 2 aromatic rings. The van der Waals surface area contributed by atoms with Gasteiger partial charge in [-0.2, -0.15) is 0 Å². The van der Waals surface area contributed by atoms with Gasteiger partial charge in [0.05, 0.1) is 6.54 Å². The lowest BCUT2D eigenvalue weighted by Crippen LogP contribution is -2.22. The van der Waals surface area contributed by atoms with E-state index in [4.69, 9.17) is 4.52 Å². The van der Waals surface area contributed by atoms with Crippen molar-refractivity contribution in [2.24, 2.45) is 0 Å². The Morgan fingerprint density at radius 1 is 1.39 bits per heavy atom. The van der Waals surface area contributed by atoms with Gasteiger partial charge in [-0.1, -0.05) is 5.16 Å². The molecule has 5 nitrogen and oxygen atoms in total. The van der Waals surface area contributed by atoms with Gasteiger partial charge in [-0.25, -0.2) is 0 Å². The van der Waals surface area contributed by atoms with E-state index in [2.05, 4.69) is 10.5 Å². The number of benzene rings is 1. The van der Waals surface area contributed by atoms with Crippen molar-refractivity contribution in [2.75, 3.05) is 0 Å². The third kappa shape index (κ3) is 2.68. The van der Waals surface area contributed by atoms with Crippen molar-refractivity contribution < 1.29 is 14.4 Å². The van der Waals surface area contributed by atoms with Gasteiger partial charge in [0.25, 0.3) is 5.91 Å². The topological polar surface area (TPSA) is 75.4 Å². The molecule has 0 bridgehead atoms. The molecule has 2 rings (SSSR count). The van der Waals surface area contributed by atoms with E-state index >= 15 is 0 Å². The van der Waals surface area contributed by atoms with Crippen LogP contribution in [-0.4, -0.2) is 16.2 Å². The molecule has 1 amide bonds. The Morgan fingerprint density at radius 3 is 2.78 bits per heavy atom. The van der Waals surface area contributed by atoms with Crippen molar-refractivity contribution >= 4 is 5.91 Å². The number of hydrogen-bond donors (Lipinski definition) is 2. The standard InChI is InChI=1S/C13H14N2O3/c1-8-5-10(3-4-12(8)16)13(17)14-7-11-6-9(2)18-15-11/h3-6,16H,7H2,1-2H3,(H,14,17). The van der Waals surface area contributed by atoms with E-state index in [1.165, 1.54) is 6.07 Å². The first-order valence-electron chi connectivity index (χ1n) is 5.56. The smallest absolute Gasteiger partial charge is 0.251 e. The molecule has 1 aromatic heterocycles. The summed E-state index contributed by atoms with van der Waals surface area (Å²) in [5.74, 6) is 0.678. The zero-order valence-electron chi connectivity index (χ0n) is 10.2. The monoisotopic (exact) mass is 246 g/mol. The predicted octanol–water partition coefficient (Wildman–Crippen LogP) is 1.93. The number of phenolic OH excluding ortho intramolecular Hbond substituents is 1. The van der Waals surface area contributed by atoms with Crippen LogP contribution in [0, 0.1) is 13.8 Å². The van der Waals surface area contributed by atoms with Crippen molar-refractivity contribution in [2.45, 2.75) is 20.4 Å². The summed E-state index contributed by atoms with van der Waals surface area (Å²) in [5, 5.41) is 15.9. The molecule has 0 saturated heterocycles. The molecule has 0 aliphatic heterocycles. The van der Waals surface area contributed by atoms with Crippen LogP contribution in [0.15, 0.2) is 28.8 Å². The molecule has 0 aliphatic rings. The molecule has 2 N–H and O–H groups in total. The highest BCUT2D eigenvalue weighted by atomic mass is 16.5. The van der Waals surface area contributed by atoms with Gasteiger partial charge < -0.3 is 14.9 Å². The number of aryl methyl sites for hydroxylation is 2. The summed E-state index contributed by atoms with van der Waals surface area (Å²) in [4.78, 5) is 11.8. The zero-order valence-corrected chi connectivity index (χ0v) is 10.2. The van der Waals surface area contributed by atoms with E-state index < -0.39 is 0 Å². The second-order valence-electron chi connectivity index (χ2n) is 4.11. The van der Waals surface area contributed by atoms with E-state index in [0.29, 0.717) is 29.1 Å². The van der Waals surface area contributed by atoms with Gasteiger partial charge in [0.1, 0.15) is 17.2 Å². The summed E-state index contributed by atoms with van der Waals surface area (Å²) in [7, 11) is 0. The van der Waals surface area contributed by atoms with Crippen molar-refractivity contribution in [3.05, 3.63) is 46.8 Å². The van der Waals surface area contributed by atoms with Gasteiger partial charge in [0.15, 0.2) is 0 Å². The van der Waals surface area contributed by atoms with Crippen LogP contribution < -0.4 is 5.32 Å². The van der Waals surface area contributed by atoms with Crippen LogP contribution in [0.5, 0.6) is 5.75 Å². The van der Waals surface area contributed by atoms with Crippen LogP contribution in [0.4, 0.5) is 0 Å². The normalized spacial score (nSPS) is 10.3. The number of aromatic nitrogens is 1. The van der Waals surface area contributed by atoms with Crippen LogP contribution >= 0.6 is 0 Å². The fourth-order valence-corrected chi connectivity index (χ4v) is 1.57. The molecule has 1 heterocycles. The number of nitrogens with one attached hydrogen (secondary N) is 1. The van der Waals surface area contributed by atoms with Crippen molar-refractivity contribution in [1.29, 1.82) is 0 Å². The first-order valence-corrected chi connectivity index (χ1v) is 5.56. The molecule has 0 aliphatic carbocycles. The highest BCUT2D eigenvalue weighted by molar-refractivity contribution is 5.94. The maximum absolute atomic E-state index is 11.8. The largest absolute Gasteiger partial charge is 0.508 e. The fraction of sp³-hybridized carbons (Fsp3) is 0.231. The van der Waals surface area contributed by atoms with Gasteiger partial charge in [0.2, 0.25) is 0 Å². The lowest BCUT2D eigenvalue weighted by molar-refractivity contribution is 0.0950. The maximum Gasteiger partial charge on any atom is 0.251 e. The van der Waals surface area contributed by atoms with E-state index in [0.717, 1.165) is 0 Å². The molecule has 0 unspecified atom stereocenters. The third-order valence-electron chi connectivity index (χ3n) is 2.57. The number of carbonyl (C=O) groups excluding carboxylic acids is 1. The van der Waals surface area contributed by atoms with Crippen molar-refractivity contribution in [3.8, 4) is 5.75 Å². The van der Waals surface area contributed by atoms with Crippen LogP contribution in [0.25, 0.3) is 0 Å². The predicted molar refractivity (Wildman–Crippen MR) is 65.3 cm³/mol. The molecule has 94 valence electrons. The van der Waals surface area contributed by atoms with Gasteiger partial charge in [-0.3, -0.25) is 4.79 Å². The molecule has 1 aromatic carbocycles. The Morgan fingerprint density at radius 2 is 2.17 bits per heavy atom. The SMILES string of the molecule is Cc1cc(CNC(=O)c2ccc(O)c(C)c2)no1. The molecule has 0 radical (unpaired) electrons. The maximum atomic E-state index is 11.8. The number of phenols is 1. The van der Waals surface area contributed by atoms with Crippen LogP contribution in [0.1, 0.15) is 27.4 Å². The lowest BCUT2D eigenvalue weighted by Gasteiger charge is -2.05. The number of rotatable bonds is 3. The summed E-state index contributed by atoms with van der Waals surface area (Å²) in [6.45, 7) is 3.85. The fourth-order valence-electron chi connectivity index (χ4n) is 1.57. The first-order chi connectivity index (χ1) is 8.56. The highest BCUT2D eigenvalue weighted by Gasteiger charge is 2.08. The quantitative estimate of drug-likeness (QED) is 0.867. The average molecular weight is 246 g/mol. The minimum absolute atomic E-state index is 0.179. The first kappa shape index (κ1) is 12.2. The molecule has 18 heavy (non-hydrogen) atoms. The minimum atomic E-state index is -0.209. The van der Waals surface area contributed by atoms with Gasteiger partial charge in [-0.15, -0.1) is 0 Å². The Labute approximate surface area is 104 Å². The highest BCUT2D eigenvalue weighted by Crippen LogP contribution is 2.16. The summed E-state index contributed by atoms with van der Waals surface area (Å²) in [6, 6.07) is 6.48. The van der Waals surface area contributed by atoms with Crippen molar-refractivity contribution in [3.63, 3.8) is 0 Å². The molecule has 0 atom stereocenters. The Balaban J connectivity index is 2.01. The number of hydrogen-bond acceptors (Lipinski definition) is 4. The van der Waals surface area contributed by atoms with Crippen molar-refractivity contribution in [1.82, 2.24) is 10.5 Å². The van der Waals surface area contributed by atoms with E-state index in [1.54, 1.807) is 32.0 Å². The lowest BCUT2D eigenvalue weighted by atomic mass is 10.1. The summed E-state index contributed by atoms with van der Waals surface area (Å²) in [5.41, 5.74) is 1.85. The zero-order chi connectivity index (χ0) is 13.1. The van der Waals surface area contributed by atoms with Gasteiger partial charge in [0, 0.05) is 11.6 Å². The average Bonchev–Trinajstić information content (AvgIpc) is 2.75. The molecule has 0 saturated carbocycles. The summed E-state index contributed by atoms with van der Waals surface area (Å²) < 4.78 is 4.90. The van der Waals surface area contributed by atoms with E-state index in [-0.39, 0.29) is 11.7 Å². The molecular weight excluding hydrogens is 232 g/mol. The van der Waals surface area contributed by atoms with Crippen LogP contribution in [0.2, 0.25) is 0 Å². The Hall–Kier alpha value is -2.30. The number of amides is 1. The number of aromatic hydroxyl groups is 1. The third-order valence-corrected chi connectivity index (χ3v) is 2.57. The molecule has 0 fully saturated rings. The van der Waals surface area contributed by atoms with E-state index in [9.17, 15) is 9.90 Å². The Bertz CT molecular complexity index is 575. The van der Waals surface area contributed by atoms with Gasteiger partial charge in [-0.05, 0) is 37.6 Å². The van der Waals surface area contributed by atoms with E-state index in [1.807, 2.05) is 0 Å². The molecule has 0 spiro atoms. The number of nitrogens with zero attached hydrogens (tertiary/aromatic N) is 1. The molecule has 5 heteroatoms. The second-order valence-corrected chi connectivity index (χ2v) is 4.11. The van der Waals surface area contributed by atoms with Gasteiger partial charge >= 0.3 is 0 Å². The second kappa shape index (κ2) is 4.91. The Kier molecular flexibility index (Phi) is 3.32.